The van der Waals surface area contributed by atoms with Gasteiger partial charge in [-0.2, -0.15) is 0 Å². The van der Waals surface area contributed by atoms with Gasteiger partial charge in [-0.25, -0.2) is 0 Å². The second-order valence-corrected chi connectivity index (χ2v) is 7.94. The van der Waals surface area contributed by atoms with Crippen LogP contribution in [0.3, 0.4) is 0 Å². The summed E-state index contributed by atoms with van der Waals surface area (Å²) >= 11 is 0. The van der Waals surface area contributed by atoms with E-state index < -0.39 is 0 Å². The topological polar surface area (TPSA) is 67.4 Å². The standard InChI is InChI=1S/C26H28N2O3/c1-17(2)20-9-11-21(12-10-20)27-25(29)16-31-24-8-6-5-7-23(24)26(30)28-22-14-18(3)13-19(4)15-22/h5-15,17H,16H2,1-4H3,(H,27,29)(H,28,30). The van der Waals surface area contributed by atoms with Gasteiger partial charge in [0.1, 0.15) is 5.75 Å². The summed E-state index contributed by atoms with van der Waals surface area (Å²) in [5.41, 5.74) is 5.14. The quantitative estimate of drug-likeness (QED) is 0.519. The van der Waals surface area contributed by atoms with Crippen molar-refractivity contribution in [3.63, 3.8) is 0 Å². The molecule has 0 aliphatic rings. The Morgan fingerprint density at radius 2 is 1.48 bits per heavy atom. The van der Waals surface area contributed by atoms with Crippen LogP contribution in [0, 0.1) is 13.8 Å². The Balaban J connectivity index is 1.63. The number of carbonyl (C=O) groups excluding carboxylic acids is 2. The molecule has 0 aliphatic heterocycles. The van der Waals surface area contributed by atoms with E-state index in [4.69, 9.17) is 4.74 Å². The summed E-state index contributed by atoms with van der Waals surface area (Å²) in [7, 11) is 0. The third kappa shape index (κ3) is 6.19. The van der Waals surface area contributed by atoms with E-state index >= 15 is 0 Å². The predicted octanol–water partition coefficient (Wildman–Crippen LogP) is 5.70. The molecule has 3 aromatic carbocycles. The van der Waals surface area contributed by atoms with E-state index in [1.807, 2.05) is 56.3 Å². The van der Waals surface area contributed by atoms with Crippen LogP contribution in [0.25, 0.3) is 0 Å². The molecule has 0 aliphatic carbocycles. The van der Waals surface area contributed by atoms with Crippen molar-refractivity contribution >= 4 is 23.2 Å². The molecule has 0 radical (unpaired) electrons. The highest BCUT2D eigenvalue weighted by Crippen LogP contribution is 2.21. The molecule has 2 N–H and O–H groups in total. The Labute approximate surface area is 183 Å². The van der Waals surface area contributed by atoms with Gasteiger partial charge in [0.15, 0.2) is 6.61 Å². The minimum Gasteiger partial charge on any atom is -0.483 e. The van der Waals surface area contributed by atoms with Gasteiger partial charge in [-0.05, 0) is 72.9 Å². The lowest BCUT2D eigenvalue weighted by Gasteiger charge is -2.13. The van der Waals surface area contributed by atoms with E-state index in [0.717, 1.165) is 16.8 Å². The highest BCUT2D eigenvalue weighted by Gasteiger charge is 2.14. The van der Waals surface area contributed by atoms with Crippen LogP contribution in [-0.4, -0.2) is 18.4 Å². The summed E-state index contributed by atoms with van der Waals surface area (Å²) in [5, 5.41) is 5.72. The van der Waals surface area contributed by atoms with E-state index in [2.05, 4.69) is 24.5 Å². The number of hydrogen-bond acceptors (Lipinski definition) is 3. The van der Waals surface area contributed by atoms with Crippen LogP contribution in [0.15, 0.2) is 66.7 Å². The Bertz CT molecular complexity index is 1050. The lowest BCUT2D eigenvalue weighted by atomic mass is 10.0. The number of anilines is 2. The largest absolute Gasteiger partial charge is 0.483 e. The SMILES string of the molecule is Cc1cc(C)cc(NC(=O)c2ccccc2OCC(=O)Nc2ccc(C(C)C)cc2)c1. The number of rotatable bonds is 7. The number of nitrogens with one attached hydrogen (secondary N) is 2. The van der Waals surface area contributed by atoms with E-state index in [1.165, 1.54) is 5.56 Å². The summed E-state index contributed by atoms with van der Waals surface area (Å²) in [4.78, 5) is 25.1. The van der Waals surface area contributed by atoms with Crippen LogP contribution in [0.2, 0.25) is 0 Å². The van der Waals surface area contributed by atoms with Gasteiger partial charge in [0, 0.05) is 11.4 Å². The molecule has 5 heteroatoms. The third-order valence-corrected chi connectivity index (χ3v) is 4.83. The van der Waals surface area contributed by atoms with Crippen molar-refractivity contribution in [2.24, 2.45) is 0 Å². The lowest BCUT2D eigenvalue weighted by molar-refractivity contribution is -0.118. The summed E-state index contributed by atoms with van der Waals surface area (Å²) in [5.74, 6) is 0.209. The summed E-state index contributed by atoms with van der Waals surface area (Å²) in [6.07, 6.45) is 0. The van der Waals surface area contributed by atoms with Crippen LogP contribution in [0.5, 0.6) is 5.75 Å². The van der Waals surface area contributed by atoms with Crippen molar-refractivity contribution in [3.05, 3.63) is 89.0 Å². The molecule has 0 saturated heterocycles. The third-order valence-electron chi connectivity index (χ3n) is 4.83. The van der Waals surface area contributed by atoms with Gasteiger partial charge in [-0.1, -0.05) is 44.2 Å². The van der Waals surface area contributed by atoms with Crippen LogP contribution in [0.1, 0.15) is 46.8 Å². The first kappa shape index (κ1) is 22.1. The molecule has 0 spiro atoms. The zero-order valence-corrected chi connectivity index (χ0v) is 18.4. The molecule has 3 rings (SSSR count). The molecule has 0 aromatic heterocycles. The second kappa shape index (κ2) is 9.94. The van der Waals surface area contributed by atoms with Crippen molar-refractivity contribution in [1.82, 2.24) is 0 Å². The molecule has 2 amide bonds. The van der Waals surface area contributed by atoms with Gasteiger partial charge < -0.3 is 15.4 Å². The van der Waals surface area contributed by atoms with Crippen LogP contribution in [-0.2, 0) is 4.79 Å². The number of para-hydroxylation sites is 1. The molecule has 0 saturated carbocycles. The minimum atomic E-state index is -0.290. The number of amides is 2. The lowest BCUT2D eigenvalue weighted by Crippen LogP contribution is -2.21. The van der Waals surface area contributed by atoms with E-state index in [-0.39, 0.29) is 18.4 Å². The van der Waals surface area contributed by atoms with Crippen molar-refractivity contribution in [2.45, 2.75) is 33.6 Å². The van der Waals surface area contributed by atoms with Crippen molar-refractivity contribution < 1.29 is 14.3 Å². The summed E-state index contributed by atoms with van der Waals surface area (Å²) in [6.45, 7) is 8.01. The maximum Gasteiger partial charge on any atom is 0.262 e. The molecular formula is C26H28N2O3. The number of carbonyl (C=O) groups is 2. The fraction of sp³-hybridized carbons (Fsp3) is 0.231. The van der Waals surface area contributed by atoms with Crippen LogP contribution >= 0.6 is 0 Å². The average molecular weight is 417 g/mol. The number of benzene rings is 3. The Hall–Kier alpha value is -3.60. The molecule has 160 valence electrons. The zero-order chi connectivity index (χ0) is 22.4. The van der Waals surface area contributed by atoms with Gasteiger partial charge in [-0.15, -0.1) is 0 Å². The first-order chi connectivity index (χ1) is 14.8. The zero-order valence-electron chi connectivity index (χ0n) is 18.4. The molecular weight excluding hydrogens is 388 g/mol. The van der Waals surface area contributed by atoms with E-state index in [9.17, 15) is 9.59 Å². The fourth-order valence-corrected chi connectivity index (χ4v) is 3.32. The Kier molecular flexibility index (Phi) is 7.08. The maximum atomic E-state index is 12.8. The number of hydrogen-bond donors (Lipinski definition) is 2. The molecule has 31 heavy (non-hydrogen) atoms. The van der Waals surface area contributed by atoms with Crippen molar-refractivity contribution in [1.29, 1.82) is 0 Å². The first-order valence-electron chi connectivity index (χ1n) is 10.3. The molecule has 5 nitrogen and oxygen atoms in total. The molecule has 0 atom stereocenters. The first-order valence-corrected chi connectivity index (χ1v) is 10.3. The molecule has 0 fully saturated rings. The van der Waals surface area contributed by atoms with Gasteiger partial charge in [0.25, 0.3) is 11.8 Å². The van der Waals surface area contributed by atoms with E-state index in [1.54, 1.807) is 24.3 Å². The van der Waals surface area contributed by atoms with Crippen LogP contribution in [0.4, 0.5) is 11.4 Å². The van der Waals surface area contributed by atoms with Gasteiger partial charge in [0.05, 0.1) is 5.56 Å². The highest BCUT2D eigenvalue weighted by molar-refractivity contribution is 6.06. The van der Waals surface area contributed by atoms with Gasteiger partial charge in [0.2, 0.25) is 0 Å². The second-order valence-electron chi connectivity index (χ2n) is 7.94. The van der Waals surface area contributed by atoms with Crippen LogP contribution < -0.4 is 15.4 Å². The highest BCUT2D eigenvalue weighted by atomic mass is 16.5. The molecule has 3 aromatic rings. The number of aryl methyl sites for hydroxylation is 2. The van der Waals surface area contributed by atoms with Crippen molar-refractivity contribution in [2.75, 3.05) is 17.2 Å². The van der Waals surface area contributed by atoms with E-state index in [0.29, 0.717) is 22.9 Å². The summed E-state index contributed by atoms with van der Waals surface area (Å²) < 4.78 is 5.67. The predicted molar refractivity (Wildman–Crippen MR) is 125 cm³/mol. The monoisotopic (exact) mass is 416 g/mol. The molecule has 0 unspecified atom stereocenters. The average Bonchev–Trinajstić information content (AvgIpc) is 2.72. The summed E-state index contributed by atoms with van der Waals surface area (Å²) in [6, 6.07) is 20.5. The molecule has 0 heterocycles. The van der Waals surface area contributed by atoms with Gasteiger partial charge >= 0.3 is 0 Å². The molecule has 0 bridgehead atoms. The minimum absolute atomic E-state index is 0.195. The number of ether oxygens (including phenoxy) is 1. The Morgan fingerprint density at radius 1 is 0.839 bits per heavy atom. The smallest absolute Gasteiger partial charge is 0.262 e. The fourth-order valence-electron chi connectivity index (χ4n) is 3.32. The Morgan fingerprint density at radius 3 is 2.13 bits per heavy atom. The normalized spacial score (nSPS) is 10.6. The van der Waals surface area contributed by atoms with Gasteiger partial charge in [-0.3, -0.25) is 9.59 Å². The maximum absolute atomic E-state index is 12.8. The van der Waals surface area contributed by atoms with Crippen molar-refractivity contribution in [3.8, 4) is 5.75 Å².